The fourth-order valence-electron chi connectivity index (χ4n) is 6.09. The van der Waals surface area contributed by atoms with Gasteiger partial charge < -0.3 is 4.90 Å². The maximum atomic E-state index is 5.29. The number of fused-ring (bicyclic) bond motifs is 1. The first kappa shape index (κ1) is 28.2. The van der Waals surface area contributed by atoms with E-state index in [4.69, 9.17) is 9.97 Å². The zero-order chi connectivity index (χ0) is 31.4. The molecule has 0 saturated carbocycles. The molecule has 0 saturated heterocycles. The number of para-hydroxylation sites is 2. The Hall–Kier alpha value is -6.32. The predicted octanol–water partition coefficient (Wildman–Crippen LogP) is 11.8. The average Bonchev–Trinajstić information content (AvgIpc) is 3.16. The third kappa shape index (κ3) is 5.79. The van der Waals surface area contributed by atoms with Gasteiger partial charge in [-0.3, -0.25) is 0 Å². The summed E-state index contributed by atoms with van der Waals surface area (Å²) < 4.78 is 0. The van der Waals surface area contributed by atoms with E-state index in [1.54, 1.807) is 0 Å². The average molecular weight is 602 g/mol. The van der Waals surface area contributed by atoms with Crippen molar-refractivity contribution in [1.82, 2.24) is 9.97 Å². The summed E-state index contributed by atoms with van der Waals surface area (Å²) in [5, 5.41) is 0. The number of hydrogen-bond acceptors (Lipinski definition) is 3. The number of aromatic nitrogens is 2. The van der Waals surface area contributed by atoms with Crippen molar-refractivity contribution in [3.8, 4) is 44.8 Å². The van der Waals surface area contributed by atoms with Crippen molar-refractivity contribution in [1.29, 1.82) is 0 Å². The molecular formula is C44H31N3. The van der Waals surface area contributed by atoms with Crippen LogP contribution >= 0.6 is 0 Å². The standard InChI is InChI=1S/C44H31N3/c1-5-13-32(14-6-1)33-21-23-34(24-22-33)37-27-30-41-42(31-37)46-44(43(45-41)35-15-7-2-8-16-35)36-25-28-40(29-26-36)47(38-17-9-3-10-18-38)39-19-11-4-12-20-39/h1-31H. The van der Waals surface area contributed by atoms with Gasteiger partial charge in [-0.1, -0.05) is 140 Å². The fourth-order valence-corrected chi connectivity index (χ4v) is 6.09. The van der Waals surface area contributed by atoms with Crippen LogP contribution in [0.15, 0.2) is 188 Å². The molecule has 8 aromatic rings. The molecule has 3 nitrogen and oxygen atoms in total. The summed E-state index contributed by atoms with van der Waals surface area (Å²) in [6, 6.07) is 65.5. The summed E-state index contributed by atoms with van der Waals surface area (Å²) >= 11 is 0. The summed E-state index contributed by atoms with van der Waals surface area (Å²) in [6.07, 6.45) is 0. The Bertz CT molecular complexity index is 2210. The molecule has 222 valence electrons. The highest BCUT2D eigenvalue weighted by Crippen LogP contribution is 2.37. The van der Waals surface area contributed by atoms with Gasteiger partial charge in [-0.2, -0.15) is 0 Å². The van der Waals surface area contributed by atoms with Gasteiger partial charge in [0.2, 0.25) is 0 Å². The summed E-state index contributed by atoms with van der Waals surface area (Å²) in [5.74, 6) is 0. The van der Waals surface area contributed by atoms with Crippen LogP contribution in [0.3, 0.4) is 0 Å². The van der Waals surface area contributed by atoms with E-state index in [0.717, 1.165) is 61.7 Å². The van der Waals surface area contributed by atoms with Gasteiger partial charge in [0.15, 0.2) is 0 Å². The maximum Gasteiger partial charge on any atom is 0.0973 e. The van der Waals surface area contributed by atoms with Crippen LogP contribution in [0, 0.1) is 0 Å². The van der Waals surface area contributed by atoms with Crippen LogP contribution in [0.5, 0.6) is 0 Å². The first-order valence-corrected chi connectivity index (χ1v) is 15.8. The lowest BCUT2D eigenvalue weighted by Gasteiger charge is -2.25. The second-order valence-electron chi connectivity index (χ2n) is 11.5. The molecule has 1 aromatic heterocycles. The van der Waals surface area contributed by atoms with E-state index >= 15 is 0 Å². The van der Waals surface area contributed by atoms with Gasteiger partial charge >= 0.3 is 0 Å². The predicted molar refractivity (Wildman–Crippen MR) is 196 cm³/mol. The molecule has 7 aromatic carbocycles. The Balaban J connectivity index is 1.20. The second kappa shape index (κ2) is 12.6. The van der Waals surface area contributed by atoms with Crippen LogP contribution in [0.4, 0.5) is 17.1 Å². The molecule has 0 aliphatic heterocycles. The molecule has 8 rings (SSSR count). The number of rotatable bonds is 7. The molecular weight excluding hydrogens is 571 g/mol. The lowest BCUT2D eigenvalue weighted by molar-refractivity contribution is 1.27. The minimum atomic E-state index is 0.859. The number of benzene rings is 7. The van der Waals surface area contributed by atoms with Gasteiger partial charge in [0, 0.05) is 28.2 Å². The van der Waals surface area contributed by atoms with Crippen LogP contribution in [-0.4, -0.2) is 9.97 Å². The minimum Gasteiger partial charge on any atom is -0.311 e. The van der Waals surface area contributed by atoms with Crippen LogP contribution < -0.4 is 4.90 Å². The van der Waals surface area contributed by atoms with Crippen LogP contribution in [0.2, 0.25) is 0 Å². The van der Waals surface area contributed by atoms with Gasteiger partial charge in [-0.05, 0) is 70.8 Å². The van der Waals surface area contributed by atoms with Gasteiger partial charge in [0.25, 0.3) is 0 Å². The Morgan fingerprint density at radius 2 is 0.638 bits per heavy atom. The number of nitrogens with zero attached hydrogens (tertiary/aromatic N) is 3. The molecule has 0 fully saturated rings. The largest absolute Gasteiger partial charge is 0.311 e. The van der Waals surface area contributed by atoms with Crippen molar-refractivity contribution in [2.75, 3.05) is 4.90 Å². The van der Waals surface area contributed by atoms with E-state index in [1.807, 2.05) is 36.4 Å². The van der Waals surface area contributed by atoms with E-state index in [9.17, 15) is 0 Å². The van der Waals surface area contributed by atoms with E-state index < -0.39 is 0 Å². The maximum absolute atomic E-state index is 5.29. The fraction of sp³-hybridized carbons (Fsp3) is 0. The van der Waals surface area contributed by atoms with E-state index in [2.05, 4.69) is 157 Å². The first-order chi connectivity index (χ1) is 23.3. The van der Waals surface area contributed by atoms with Gasteiger partial charge in [-0.15, -0.1) is 0 Å². The molecule has 0 unspecified atom stereocenters. The minimum absolute atomic E-state index is 0.859. The van der Waals surface area contributed by atoms with Crippen LogP contribution in [-0.2, 0) is 0 Å². The molecule has 47 heavy (non-hydrogen) atoms. The summed E-state index contributed by atoms with van der Waals surface area (Å²) in [6.45, 7) is 0. The third-order valence-corrected chi connectivity index (χ3v) is 8.46. The third-order valence-electron chi connectivity index (χ3n) is 8.46. The van der Waals surface area contributed by atoms with E-state index in [1.165, 1.54) is 11.1 Å². The Morgan fingerprint density at radius 3 is 1.19 bits per heavy atom. The van der Waals surface area contributed by atoms with E-state index in [0.29, 0.717) is 0 Å². The van der Waals surface area contributed by atoms with Crippen molar-refractivity contribution in [2.24, 2.45) is 0 Å². The molecule has 0 radical (unpaired) electrons. The van der Waals surface area contributed by atoms with Gasteiger partial charge in [0.05, 0.1) is 22.4 Å². The highest BCUT2D eigenvalue weighted by atomic mass is 15.1. The molecule has 0 spiro atoms. The molecule has 0 atom stereocenters. The Morgan fingerprint density at radius 1 is 0.277 bits per heavy atom. The monoisotopic (exact) mass is 601 g/mol. The molecule has 1 heterocycles. The first-order valence-electron chi connectivity index (χ1n) is 15.8. The van der Waals surface area contributed by atoms with Crippen molar-refractivity contribution < 1.29 is 0 Å². The van der Waals surface area contributed by atoms with Crippen molar-refractivity contribution in [3.63, 3.8) is 0 Å². The number of anilines is 3. The lowest BCUT2D eigenvalue weighted by atomic mass is 9.99. The SMILES string of the molecule is c1ccc(-c2ccc(-c3ccc4nc(-c5ccccc5)c(-c5ccc(N(c6ccccc6)c6ccccc6)cc5)nc4c3)cc2)cc1. The summed E-state index contributed by atoms with van der Waals surface area (Å²) in [4.78, 5) is 12.7. The second-order valence-corrected chi connectivity index (χ2v) is 11.5. The molecule has 3 heteroatoms. The lowest BCUT2D eigenvalue weighted by Crippen LogP contribution is -2.09. The summed E-state index contributed by atoms with van der Waals surface area (Å²) in [5.41, 5.74) is 13.5. The quantitative estimate of drug-likeness (QED) is 0.182. The number of hydrogen-bond donors (Lipinski definition) is 0. The van der Waals surface area contributed by atoms with Crippen LogP contribution in [0.1, 0.15) is 0 Å². The van der Waals surface area contributed by atoms with E-state index in [-0.39, 0.29) is 0 Å². The zero-order valence-corrected chi connectivity index (χ0v) is 25.7. The van der Waals surface area contributed by atoms with Crippen LogP contribution in [0.25, 0.3) is 55.8 Å². The highest BCUT2D eigenvalue weighted by Gasteiger charge is 2.16. The highest BCUT2D eigenvalue weighted by molar-refractivity contribution is 5.89. The Kier molecular flexibility index (Phi) is 7.54. The smallest absolute Gasteiger partial charge is 0.0973 e. The molecule has 0 aliphatic carbocycles. The van der Waals surface area contributed by atoms with Crippen molar-refractivity contribution in [2.45, 2.75) is 0 Å². The molecule has 0 aliphatic rings. The zero-order valence-electron chi connectivity index (χ0n) is 25.7. The van der Waals surface area contributed by atoms with Crippen molar-refractivity contribution in [3.05, 3.63) is 188 Å². The van der Waals surface area contributed by atoms with Gasteiger partial charge in [-0.25, -0.2) is 9.97 Å². The Labute approximate surface area is 275 Å². The molecule has 0 N–H and O–H groups in total. The summed E-state index contributed by atoms with van der Waals surface area (Å²) in [7, 11) is 0. The topological polar surface area (TPSA) is 29.0 Å². The molecule has 0 bridgehead atoms. The molecule has 0 amide bonds. The normalized spacial score (nSPS) is 11.0. The van der Waals surface area contributed by atoms with Crippen molar-refractivity contribution >= 4 is 28.1 Å². The van der Waals surface area contributed by atoms with Gasteiger partial charge in [0.1, 0.15) is 0 Å².